The minimum Gasteiger partial charge on any atom is -0.293 e. The van der Waals surface area contributed by atoms with Crippen molar-refractivity contribution in [1.82, 2.24) is 9.78 Å². The Balaban J connectivity index is 2.48. The standard InChI is InChI=1S/C12H12N2O/c1-9-8-14(13-12(9)10(2)15)11-6-4-3-5-7-11/h3-8H,1-2H3. The van der Waals surface area contributed by atoms with E-state index in [0.717, 1.165) is 11.3 Å². The van der Waals surface area contributed by atoms with Crippen LogP contribution < -0.4 is 0 Å². The van der Waals surface area contributed by atoms with Gasteiger partial charge in [-0.05, 0) is 24.6 Å². The zero-order chi connectivity index (χ0) is 10.8. The van der Waals surface area contributed by atoms with E-state index in [4.69, 9.17) is 0 Å². The molecule has 2 aromatic rings. The number of Topliss-reactive ketones (excluding diaryl/α,β-unsaturated/α-hetero) is 1. The van der Waals surface area contributed by atoms with Gasteiger partial charge in [-0.25, -0.2) is 4.68 Å². The van der Waals surface area contributed by atoms with Crippen LogP contribution in [0.5, 0.6) is 0 Å². The van der Waals surface area contributed by atoms with Crippen LogP contribution in [-0.2, 0) is 0 Å². The quantitative estimate of drug-likeness (QED) is 0.697. The number of hydrogen-bond donors (Lipinski definition) is 0. The number of ketones is 1. The van der Waals surface area contributed by atoms with E-state index < -0.39 is 0 Å². The fourth-order valence-corrected chi connectivity index (χ4v) is 1.52. The summed E-state index contributed by atoms with van der Waals surface area (Å²) in [7, 11) is 0. The minimum absolute atomic E-state index is 0.00202. The summed E-state index contributed by atoms with van der Waals surface area (Å²) in [5.41, 5.74) is 2.42. The Hall–Kier alpha value is -1.90. The van der Waals surface area contributed by atoms with Gasteiger partial charge in [-0.15, -0.1) is 0 Å². The first-order chi connectivity index (χ1) is 7.18. The van der Waals surface area contributed by atoms with Crippen molar-refractivity contribution in [2.45, 2.75) is 13.8 Å². The summed E-state index contributed by atoms with van der Waals surface area (Å²) < 4.78 is 1.73. The molecule has 2 rings (SSSR count). The third-order valence-corrected chi connectivity index (χ3v) is 2.25. The molecule has 0 unspecified atom stereocenters. The van der Waals surface area contributed by atoms with E-state index in [1.165, 1.54) is 6.92 Å². The lowest BCUT2D eigenvalue weighted by molar-refractivity contribution is 0.101. The number of para-hydroxylation sites is 1. The molecule has 0 aliphatic carbocycles. The van der Waals surface area contributed by atoms with Crippen LogP contribution >= 0.6 is 0 Å². The van der Waals surface area contributed by atoms with Crippen molar-refractivity contribution in [2.24, 2.45) is 0 Å². The summed E-state index contributed by atoms with van der Waals surface area (Å²) in [6.45, 7) is 3.42. The summed E-state index contributed by atoms with van der Waals surface area (Å²) in [5, 5.41) is 4.25. The average Bonchev–Trinajstić information content (AvgIpc) is 2.62. The van der Waals surface area contributed by atoms with Crippen LogP contribution in [0.4, 0.5) is 0 Å². The second kappa shape index (κ2) is 3.69. The van der Waals surface area contributed by atoms with Crippen LogP contribution in [0.15, 0.2) is 36.5 Å². The lowest BCUT2D eigenvalue weighted by Gasteiger charge is -1.98. The summed E-state index contributed by atoms with van der Waals surface area (Å²) in [5.74, 6) is 0.00202. The van der Waals surface area contributed by atoms with Gasteiger partial charge in [-0.1, -0.05) is 18.2 Å². The highest BCUT2D eigenvalue weighted by Crippen LogP contribution is 2.11. The lowest BCUT2D eigenvalue weighted by Crippen LogP contribution is -1.99. The monoisotopic (exact) mass is 200 g/mol. The molecule has 76 valence electrons. The smallest absolute Gasteiger partial charge is 0.180 e. The van der Waals surface area contributed by atoms with Gasteiger partial charge in [0.05, 0.1) is 5.69 Å². The fraction of sp³-hybridized carbons (Fsp3) is 0.167. The minimum atomic E-state index is 0.00202. The maximum Gasteiger partial charge on any atom is 0.180 e. The van der Waals surface area contributed by atoms with Crippen LogP contribution in [0.3, 0.4) is 0 Å². The van der Waals surface area contributed by atoms with Crippen LogP contribution in [0.1, 0.15) is 23.0 Å². The molecule has 0 atom stereocenters. The van der Waals surface area contributed by atoms with Crippen molar-refractivity contribution in [3.63, 3.8) is 0 Å². The molecule has 0 saturated heterocycles. The molecule has 0 amide bonds. The van der Waals surface area contributed by atoms with E-state index in [0.29, 0.717) is 5.69 Å². The van der Waals surface area contributed by atoms with Crippen LogP contribution in [0.2, 0.25) is 0 Å². The maximum atomic E-state index is 11.2. The van der Waals surface area contributed by atoms with Gasteiger partial charge in [-0.2, -0.15) is 5.10 Å². The summed E-state index contributed by atoms with van der Waals surface area (Å²) >= 11 is 0. The zero-order valence-electron chi connectivity index (χ0n) is 8.77. The second-order valence-electron chi connectivity index (χ2n) is 3.50. The van der Waals surface area contributed by atoms with Gasteiger partial charge in [-0.3, -0.25) is 4.79 Å². The van der Waals surface area contributed by atoms with Gasteiger partial charge >= 0.3 is 0 Å². The van der Waals surface area contributed by atoms with E-state index in [-0.39, 0.29) is 5.78 Å². The molecular formula is C12H12N2O. The Labute approximate surface area is 88.4 Å². The molecule has 3 heteroatoms. The van der Waals surface area contributed by atoms with E-state index in [1.54, 1.807) is 4.68 Å². The Morgan fingerprint density at radius 3 is 2.47 bits per heavy atom. The molecule has 3 nitrogen and oxygen atoms in total. The predicted molar refractivity (Wildman–Crippen MR) is 58.3 cm³/mol. The van der Waals surface area contributed by atoms with E-state index in [1.807, 2.05) is 43.5 Å². The molecule has 1 aromatic heterocycles. The zero-order valence-corrected chi connectivity index (χ0v) is 8.77. The van der Waals surface area contributed by atoms with Crippen molar-refractivity contribution < 1.29 is 4.79 Å². The van der Waals surface area contributed by atoms with E-state index in [2.05, 4.69) is 5.10 Å². The summed E-state index contributed by atoms with van der Waals surface area (Å²) in [6, 6.07) is 9.75. The summed E-state index contributed by atoms with van der Waals surface area (Å²) in [4.78, 5) is 11.2. The molecule has 0 aliphatic rings. The SMILES string of the molecule is CC(=O)c1nn(-c2ccccc2)cc1C. The number of carbonyl (C=O) groups excluding carboxylic acids is 1. The van der Waals surface area contributed by atoms with Gasteiger partial charge in [0.15, 0.2) is 5.78 Å². The third kappa shape index (κ3) is 1.81. The summed E-state index contributed by atoms with van der Waals surface area (Å²) in [6.07, 6.45) is 1.87. The normalized spacial score (nSPS) is 10.3. The van der Waals surface area contributed by atoms with Crippen molar-refractivity contribution in [3.8, 4) is 5.69 Å². The van der Waals surface area contributed by atoms with Crippen LogP contribution in [0.25, 0.3) is 5.69 Å². The molecule has 0 N–H and O–H groups in total. The number of aryl methyl sites for hydroxylation is 1. The third-order valence-electron chi connectivity index (χ3n) is 2.25. The largest absolute Gasteiger partial charge is 0.293 e. The van der Waals surface area contributed by atoms with Gasteiger partial charge in [0.25, 0.3) is 0 Å². The van der Waals surface area contributed by atoms with Crippen LogP contribution in [0, 0.1) is 6.92 Å². The molecular weight excluding hydrogens is 188 g/mol. The van der Waals surface area contributed by atoms with Crippen molar-refractivity contribution in [1.29, 1.82) is 0 Å². The number of rotatable bonds is 2. The second-order valence-corrected chi connectivity index (χ2v) is 3.50. The fourth-order valence-electron chi connectivity index (χ4n) is 1.52. The number of carbonyl (C=O) groups is 1. The topological polar surface area (TPSA) is 34.9 Å². The van der Waals surface area contributed by atoms with Gasteiger partial charge in [0, 0.05) is 13.1 Å². The molecule has 0 fully saturated rings. The average molecular weight is 200 g/mol. The first kappa shape index (κ1) is 9.65. The van der Waals surface area contributed by atoms with Gasteiger partial charge in [0.2, 0.25) is 0 Å². The molecule has 1 heterocycles. The van der Waals surface area contributed by atoms with Gasteiger partial charge in [0.1, 0.15) is 5.69 Å². The number of aromatic nitrogens is 2. The number of benzene rings is 1. The molecule has 0 aliphatic heterocycles. The first-order valence-corrected chi connectivity index (χ1v) is 4.81. The van der Waals surface area contributed by atoms with Crippen molar-refractivity contribution in [2.75, 3.05) is 0 Å². The molecule has 1 aromatic carbocycles. The Morgan fingerprint density at radius 1 is 1.27 bits per heavy atom. The lowest BCUT2D eigenvalue weighted by atomic mass is 10.2. The highest BCUT2D eigenvalue weighted by Gasteiger charge is 2.09. The molecule has 0 saturated carbocycles. The Morgan fingerprint density at radius 2 is 1.93 bits per heavy atom. The maximum absolute atomic E-state index is 11.2. The molecule has 0 radical (unpaired) electrons. The highest BCUT2D eigenvalue weighted by atomic mass is 16.1. The van der Waals surface area contributed by atoms with Gasteiger partial charge < -0.3 is 0 Å². The Kier molecular flexibility index (Phi) is 2.37. The van der Waals surface area contributed by atoms with Crippen LogP contribution in [-0.4, -0.2) is 15.6 Å². The number of hydrogen-bond acceptors (Lipinski definition) is 2. The molecule has 15 heavy (non-hydrogen) atoms. The molecule has 0 bridgehead atoms. The first-order valence-electron chi connectivity index (χ1n) is 4.81. The molecule has 0 spiro atoms. The van der Waals surface area contributed by atoms with E-state index in [9.17, 15) is 4.79 Å². The number of nitrogens with zero attached hydrogens (tertiary/aromatic N) is 2. The highest BCUT2D eigenvalue weighted by molar-refractivity contribution is 5.93. The Bertz CT molecular complexity index is 486. The van der Waals surface area contributed by atoms with Crippen molar-refractivity contribution >= 4 is 5.78 Å². The van der Waals surface area contributed by atoms with E-state index >= 15 is 0 Å². The van der Waals surface area contributed by atoms with Crippen molar-refractivity contribution in [3.05, 3.63) is 47.8 Å². The predicted octanol–water partition coefficient (Wildman–Crippen LogP) is 2.38.